The van der Waals surface area contributed by atoms with Gasteiger partial charge in [0.2, 0.25) is 5.91 Å². The van der Waals surface area contributed by atoms with Crippen LogP contribution in [0.3, 0.4) is 0 Å². The summed E-state index contributed by atoms with van der Waals surface area (Å²) in [6, 6.07) is 13.8. The zero-order valence-corrected chi connectivity index (χ0v) is 17.0. The Hall–Kier alpha value is -2.75. The van der Waals surface area contributed by atoms with Crippen molar-refractivity contribution in [3.05, 3.63) is 65.2 Å². The molecule has 0 unspecified atom stereocenters. The molecule has 1 N–H and O–H groups in total. The summed E-state index contributed by atoms with van der Waals surface area (Å²) in [7, 11) is 3.18. The first-order chi connectivity index (χ1) is 12.7. The van der Waals surface area contributed by atoms with Gasteiger partial charge < -0.3 is 14.8 Å². The van der Waals surface area contributed by atoms with Crippen LogP contribution in [0.2, 0.25) is 0 Å². The third kappa shape index (κ3) is 5.61. The summed E-state index contributed by atoms with van der Waals surface area (Å²) in [5.41, 5.74) is 3.34. The second kappa shape index (κ2) is 8.76. The summed E-state index contributed by atoms with van der Waals surface area (Å²) >= 11 is 0. The highest BCUT2D eigenvalue weighted by Gasteiger charge is 2.14. The molecule has 0 aliphatic heterocycles. The smallest absolute Gasteiger partial charge is 0.244 e. The topological polar surface area (TPSA) is 47.6 Å². The Balaban J connectivity index is 2.01. The van der Waals surface area contributed by atoms with Crippen molar-refractivity contribution in [2.75, 3.05) is 14.2 Å². The number of ether oxygens (including phenoxy) is 2. The van der Waals surface area contributed by atoms with Crippen LogP contribution in [0.1, 0.15) is 50.4 Å². The zero-order valence-electron chi connectivity index (χ0n) is 17.0. The average Bonchev–Trinajstić information content (AvgIpc) is 2.65. The van der Waals surface area contributed by atoms with Crippen molar-refractivity contribution in [2.45, 2.75) is 39.2 Å². The van der Waals surface area contributed by atoms with E-state index in [1.165, 1.54) is 11.6 Å². The summed E-state index contributed by atoms with van der Waals surface area (Å²) in [6.45, 7) is 8.54. The number of carbonyl (C=O) groups excluding carboxylic acids is 1. The molecule has 1 atom stereocenters. The number of nitrogens with one attached hydrogen (secondary N) is 1. The molecule has 27 heavy (non-hydrogen) atoms. The maximum absolute atomic E-state index is 12.3. The Bertz CT molecular complexity index is 801. The largest absolute Gasteiger partial charge is 0.493 e. The molecule has 4 nitrogen and oxygen atoms in total. The van der Waals surface area contributed by atoms with E-state index in [2.05, 4.69) is 50.4 Å². The molecule has 2 rings (SSSR count). The van der Waals surface area contributed by atoms with Crippen LogP contribution >= 0.6 is 0 Å². The first-order valence-corrected chi connectivity index (χ1v) is 9.05. The minimum absolute atomic E-state index is 0.0680. The number of hydrogen-bond donors (Lipinski definition) is 1. The predicted octanol–water partition coefficient (Wildman–Crippen LogP) is 4.89. The Morgan fingerprint density at radius 3 is 2.19 bits per heavy atom. The number of hydrogen-bond acceptors (Lipinski definition) is 3. The van der Waals surface area contributed by atoms with Crippen molar-refractivity contribution in [2.24, 2.45) is 0 Å². The lowest BCUT2D eigenvalue weighted by Gasteiger charge is -2.20. The Labute approximate surface area is 162 Å². The molecular formula is C23H29NO3. The average molecular weight is 367 g/mol. The van der Waals surface area contributed by atoms with Crippen LogP contribution in [0.4, 0.5) is 0 Å². The van der Waals surface area contributed by atoms with Gasteiger partial charge in [-0.2, -0.15) is 0 Å². The zero-order chi connectivity index (χ0) is 20.0. The fourth-order valence-electron chi connectivity index (χ4n) is 2.75. The molecule has 0 bridgehead atoms. The van der Waals surface area contributed by atoms with E-state index in [4.69, 9.17) is 9.47 Å². The quantitative estimate of drug-likeness (QED) is 0.739. The van der Waals surface area contributed by atoms with Crippen LogP contribution < -0.4 is 14.8 Å². The molecule has 0 spiro atoms. The van der Waals surface area contributed by atoms with Gasteiger partial charge in [0.15, 0.2) is 11.5 Å². The van der Waals surface area contributed by atoms with Crippen LogP contribution in [0.5, 0.6) is 11.5 Å². The van der Waals surface area contributed by atoms with Crippen LogP contribution in [-0.4, -0.2) is 20.1 Å². The Morgan fingerprint density at radius 2 is 1.63 bits per heavy atom. The molecule has 0 radical (unpaired) electrons. The Kier molecular flexibility index (Phi) is 6.67. The van der Waals surface area contributed by atoms with Gasteiger partial charge in [0.05, 0.1) is 20.3 Å². The summed E-state index contributed by atoms with van der Waals surface area (Å²) in [5, 5.41) is 2.99. The van der Waals surface area contributed by atoms with Gasteiger partial charge in [-0.15, -0.1) is 0 Å². The number of rotatable bonds is 6. The molecule has 0 aliphatic rings. The fourth-order valence-corrected chi connectivity index (χ4v) is 2.75. The van der Waals surface area contributed by atoms with Gasteiger partial charge in [-0.3, -0.25) is 4.79 Å². The highest BCUT2D eigenvalue weighted by Crippen LogP contribution is 2.28. The second-order valence-electron chi connectivity index (χ2n) is 7.55. The normalized spacial score (nSPS) is 12.7. The van der Waals surface area contributed by atoms with Gasteiger partial charge in [-0.05, 0) is 47.2 Å². The summed E-state index contributed by atoms with van der Waals surface area (Å²) in [4.78, 5) is 12.3. The van der Waals surface area contributed by atoms with Crippen molar-refractivity contribution >= 4 is 12.0 Å². The first-order valence-electron chi connectivity index (χ1n) is 9.05. The van der Waals surface area contributed by atoms with Gasteiger partial charge in [0.25, 0.3) is 0 Å². The maximum Gasteiger partial charge on any atom is 0.244 e. The summed E-state index contributed by atoms with van der Waals surface area (Å²) in [6.07, 6.45) is 3.29. The molecule has 1 amide bonds. The van der Waals surface area contributed by atoms with E-state index < -0.39 is 0 Å². The van der Waals surface area contributed by atoms with Crippen molar-refractivity contribution in [3.8, 4) is 11.5 Å². The van der Waals surface area contributed by atoms with E-state index >= 15 is 0 Å². The molecular weight excluding hydrogens is 338 g/mol. The van der Waals surface area contributed by atoms with Crippen molar-refractivity contribution in [1.29, 1.82) is 0 Å². The summed E-state index contributed by atoms with van der Waals surface area (Å²) < 4.78 is 10.5. The number of benzene rings is 2. The molecule has 4 heteroatoms. The molecule has 0 fully saturated rings. The molecule has 144 valence electrons. The van der Waals surface area contributed by atoms with Crippen molar-refractivity contribution < 1.29 is 14.3 Å². The Morgan fingerprint density at radius 1 is 1.00 bits per heavy atom. The van der Waals surface area contributed by atoms with Gasteiger partial charge in [0.1, 0.15) is 0 Å². The molecule has 0 aromatic heterocycles. The van der Waals surface area contributed by atoms with E-state index in [0.717, 1.165) is 11.1 Å². The third-order valence-electron chi connectivity index (χ3n) is 4.47. The molecule has 0 saturated heterocycles. The van der Waals surface area contributed by atoms with Crippen LogP contribution in [0.25, 0.3) is 6.08 Å². The van der Waals surface area contributed by atoms with Gasteiger partial charge in [-0.1, -0.05) is 51.1 Å². The van der Waals surface area contributed by atoms with E-state index in [1.807, 2.05) is 25.1 Å². The van der Waals surface area contributed by atoms with E-state index in [1.54, 1.807) is 20.3 Å². The lowest BCUT2D eigenvalue weighted by Crippen LogP contribution is -2.24. The van der Waals surface area contributed by atoms with E-state index in [9.17, 15) is 4.79 Å². The number of amides is 1. The highest BCUT2D eigenvalue weighted by atomic mass is 16.5. The molecule has 2 aromatic rings. The fraction of sp³-hybridized carbons (Fsp3) is 0.348. The van der Waals surface area contributed by atoms with Crippen LogP contribution in [-0.2, 0) is 10.2 Å². The number of methoxy groups -OCH3 is 2. The maximum atomic E-state index is 12.3. The van der Waals surface area contributed by atoms with Crippen molar-refractivity contribution in [1.82, 2.24) is 5.32 Å². The summed E-state index contributed by atoms with van der Waals surface area (Å²) in [5.74, 6) is 1.15. The van der Waals surface area contributed by atoms with E-state index in [0.29, 0.717) is 11.5 Å². The third-order valence-corrected chi connectivity index (χ3v) is 4.47. The predicted molar refractivity (Wildman–Crippen MR) is 110 cm³/mol. The van der Waals surface area contributed by atoms with Gasteiger partial charge in [-0.25, -0.2) is 0 Å². The second-order valence-corrected chi connectivity index (χ2v) is 7.55. The lowest BCUT2D eigenvalue weighted by molar-refractivity contribution is -0.117. The lowest BCUT2D eigenvalue weighted by atomic mass is 9.86. The highest BCUT2D eigenvalue weighted by molar-refractivity contribution is 5.92. The van der Waals surface area contributed by atoms with Gasteiger partial charge in [0, 0.05) is 6.08 Å². The SMILES string of the molecule is COc1ccc(/C=C/C(=O)N[C@@H](C)c2ccc(C(C)(C)C)cc2)cc1OC. The van der Waals surface area contributed by atoms with Crippen LogP contribution in [0, 0.1) is 0 Å². The molecule has 0 heterocycles. The molecule has 2 aromatic carbocycles. The van der Waals surface area contributed by atoms with Crippen molar-refractivity contribution in [3.63, 3.8) is 0 Å². The monoisotopic (exact) mass is 367 g/mol. The minimum Gasteiger partial charge on any atom is -0.493 e. The van der Waals surface area contributed by atoms with Gasteiger partial charge >= 0.3 is 0 Å². The molecule has 0 saturated carbocycles. The first kappa shape index (κ1) is 20.6. The number of carbonyl (C=O) groups is 1. The molecule has 0 aliphatic carbocycles. The standard InChI is InChI=1S/C23H29NO3/c1-16(18-9-11-19(12-10-18)23(2,3)4)24-22(25)14-8-17-7-13-20(26-5)21(15-17)27-6/h7-16H,1-6H3,(H,24,25)/b14-8+/t16-/m0/s1. The minimum atomic E-state index is -0.141. The van der Waals surface area contributed by atoms with E-state index in [-0.39, 0.29) is 17.4 Å². The van der Waals surface area contributed by atoms with Crippen LogP contribution in [0.15, 0.2) is 48.5 Å².